The number of anilines is 2. The fourth-order valence-corrected chi connectivity index (χ4v) is 2.51. The first kappa shape index (κ1) is 15.6. The zero-order valence-electron chi connectivity index (χ0n) is 13.2. The number of ether oxygens (including phenoxy) is 2. The molecular weight excluding hydrogens is 296 g/mol. The van der Waals surface area contributed by atoms with Gasteiger partial charge in [-0.2, -0.15) is 4.98 Å². The van der Waals surface area contributed by atoms with Gasteiger partial charge in [-0.05, 0) is 6.92 Å². The van der Waals surface area contributed by atoms with Crippen molar-refractivity contribution in [3.05, 3.63) is 29.8 Å². The average molecular weight is 318 g/mol. The largest absolute Gasteiger partial charge is 0.477 e. The molecule has 0 aliphatic carbocycles. The van der Waals surface area contributed by atoms with Crippen molar-refractivity contribution in [2.24, 2.45) is 5.84 Å². The van der Waals surface area contributed by atoms with E-state index >= 15 is 0 Å². The maximum absolute atomic E-state index is 5.78. The minimum atomic E-state index is 0.519. The molecular formula is C15H22N6O2. The van der Waals surface area contributed by atoms with Crippen LogP contribution in [0, 0.1) is 6.92 Å². The number of pyridine rings is 1. The van der Waals surface area contributed by atoms with E-state index in [4.69, 9.17) is 15.3 Å². The number of aromatic nitrogens is 3. The minimum Gasteiger partial charge on any atom is -0.477 e. The fraction of sp³-hybridized carbons (Fsp3) is 0.467. The molecule has 0 saturated carbocycles. The van der Waals surface area contributed by atoms with Crippen LogP contribution in [0.25, 0.3) is 0 Å². The molecule has 2 aromatic rings. The first-order valence-corrected chi connectivity index (χ1v) is 7.69. The number of nitrogens with two attached hydrogens (primary N) is 1. The van der Waals surface area contributed by atoms with Gasteiger partial charge in [-0.25, -0.2) is 10.8 Å². The van der Waals surface area contributed by atoms with Crippen LogP contribution in [-0.2, 0) is 11.2 Å². The molecule has 0 radical (unpaired) electrons. The van der Waals surface area contributed by atoms with Gasteiger partial charge in [-0.3, -0.25) is 0 Å². The van der Waals surface area contributed by atoms with Crippen LogP contribution in [0.4, 0.5) is 11.5 Å². The van der Waals surface area contributed by atoms with Crippen molar-refractivity contribution < 1.29 is 9.47 Å². The molecule has 0 amide bonds. The molecule has 8 nitrogen and oxygen atoms in total. The number of rotatable bonds is 6. The van der Waals surface area contributed by atoms with E-state index in [9.17, 15) is 0 Å². The molecule has 2 aromatic heterocycles. The third-order valence-electron chi connectivity index (χ3n) is 3.69. The Balaban J connectivity index is 1.65. The number of nitrogen functional groups attached to an aromatic ring is 1. The Kier molecular flexibility index (Phi) is 4.94. The van der Waals surface area contributed by atoms with Crippen LogP contribution in [0.1, 0.15) is 11.5 Å². The fourth-order valence-electron chi connectivity index (χ4n) is 2.51. The molecule has 1 saturated heterocycles. The van der Waals surface area contributed by atoms with E-state index in [0.717, 1.165) is 49.9 Å². The second-order valence-corrected chi connectivity index (χ2v) is 5.38. The lowest BCUT2D eigenvalue weighted by Gasteiger charge is -2.29. The van der Waals surface area contributed by atoms with E-state index in [0.29, 0.717) is 18.3 Å². The van der Waals surface area contributed by atoms with Crippen molar-refractivity contribution in [1.82, 2.24) is 15.0 Å². The second-order valence-electron chi connectivity index (χ2n) is 5.38. The number of hydrogen-bond donors (Lipinski definition) is 3. The van der Waals surface area contributed by atoms with Gasteiger partial charge in [0.05, 0.1) is 19.8 Å². The van der Waals surface area contributed by atoms with Crippen LogP contribution < -0.4 is 20.9 Å². The van der Waals surface area contributed by atoms with E-state index in [1.807, 2.05) is 25.3 Å². The van der Waals surface area contributed by atoms with Gasteiger partial charge in [0.25, 0.3) is 0 Å². The monoisotopic (exact) mass is 318 g/mol. The van der Waals surface area contributed by atoms with Gasteiger partial charge in [0.2, 0.25) is 5.88 Å². The number of H-pyrrole nitrogens is 1. The Labute approximate surface area is 135 Å². The quantitative estimate of drug-likeness (QED) is 0.536. The van der Waals surface area contributed by atoms with Crippen molar-refractivity contribution >= 4 is 11.5 Å². The molecule has 3 heterocycles. The van der Waals surface area contributed by atoms with Crippen LogP contribution in [-0.4, -0.2) is 47.9 Å². The summed E-state index contributed by atoms with van der Waals surface area (Å²) < 4.78 is 11.2. The lowest BCUT2D eigenvalue weighted by atomic mass is 10.3. The number of imidazole rings is 1. The Bertz CT molecular complexity index is 639. The number of aryl methyl sites for hydroxylation is 1. The topological polar surface area (TPSA) is 101 Å². The van der Waals surface area contributed by atoms with Gasteiger partial charge in [0, 0.05) is 49.2 Å². The highest BCUT2D eigenvalue weighted by molar-refractivity contribution is 5.56. The molecule has 23 heavy (non-hydrogen) atoms. The average Bonchev–Trinajstić information content (AvgIpc) is 3.00. The summed E-state index contributed by atoms with van der Waals surface area (Å²) in [6, 6.07) is 3.85. The molecule has 0 spiro atoms. The molecule has 1 aliphatic heterocycles. The summed E-state index contributed by atoms with van der Waals surface area (Å²) >= 11 is 0. The number of morpholine rings is 1. The lowest BCUT2D eigenvalue weighted by Crippen LogP contribution is -2.36. The van der Waals surface area contributed by atoms with Gasteiger partial charge in [0.15, 0.2) is 0 Å². The predicted molar refractivity (Wildman–Crippen MR) is 87.6 cm³/mol. The maximum atomic E-state index is 5.78. The number of aromatic amines is 1. The summed E-state index contributed by atoms with van der Waals surface area (Å²) in [7, 11) is 0. The SMILES string of the molecule is Cc1ncc(CCOc2cc(N3CCOCC3)cc(NN)n2)[nH]1. The molecule has 8 heteroatoms. The first-order chi connectivity index (χ1) is 11.2. The third-order valence-corrected chi connectivity index (χ3v) is 3.69. The second kappa shape index (κ2) is 7.30. The first-order valence-electron chi connectivity index (χ1n) is 7.69. The lowest BCUT2D eigenvalue weighted by molar-refractivity contribution is 0.122. The molecule has 1 fully saturated rings. The standard InChI is InChI=1S/C15H22N6O2/c1-11-17-10-12(18-11)2-5-23-15-9-13(8-14(19-15)20-16)21-3-6-22-7-4-21/h8-10H,2-7,16H2,1H3,(H,17,18)(H,19,20). The molecule has 4 N–H and O–H groups in total. The third kappa shape index (κ3) is 4.11. The van der Waals surface area contributed by atoms with Gasteiger partial charge in [-0.15, -0.1) is 0 Å². The summed E-state index contributed by atoms with van der Waals surface area (Å²) in [5, 5.41) is 0. The van der Waals surface area contributed by atoms with Crippen molar-refractivity contribution in [2.75, 3.05) is 43.2 Å². The van der Waals surface area contributed by atoms with Crippen molar-refractivity contribution in [1.29, 1.82) is 0 Å². The highest BCUT2D eigenvalue weighted by Gasteiger charge is 2.14. The zero-order chi connectivity index (χ0) is 16.1. The number of nitrogens with one attached hydrogen (secondary N) is 2. The normalized spacial score (nSPS) is 14.8. The summed E-state index contributed by atoms with van der Waals surface area (Å²) in [5.74, 6) is 7.56. The van der Waals surface area contributed by atoms with Crippen LogP contribution in [0.3, 0.4) is 0 Å². The van der Waals surface area contributed by atoms with E-state index in [2.05, 4.69) is 25.3 Å². The van der Waals surface area contributed by atoms with E-state index < -0.39 is 0 Å². The van der Waals surface area contributed by atoms with Gasteiger partial charge in [0.1, 0.15) is 11.6 Å². The summed E-state index contributed by atoms with van der Waals surface area (Å²) in [6.07, 6.45) is 2.57. The van der Waals surface area contributed by atoms with Crippen molar-refractivity contribution in [3.63, 3.8) is 0 Å². The minimum absolute atomic E-state index is 0.519. The van der Waals surface area contributed by atoms with E-state index in [-0.39, 0.29) is 0 Å². The molecule has 0 unspecified atom stereocenters. The van der Waals surface area contributed by atoms with Crippen molar-refractivity contribution in [2.45, 2.75) is 13.3 Å². The zero-order valence-corrected chi connectivity index (χ0v) is 13.2. The molecule has 0 bridgehead atoms. The number of hydrazine groups is 1. The van der Waals surface area contributed by atoms with Crippen LogP contribution >= 0.6 is 0 Å². The highest BCUT2D eigenvalue weighted by Crippen LogP contribution is 2.24. The van der Waals surface area contributed by atoms with Crippen LogP contribution in [0.2, 0.25) is 0 Å². The predicted octanol–water partition coefficient (Wildman–Crippen LogP) is 0.857. The molecule has 0 atom stereocenters. The molecule has 3 rings (SSSR count). The Hall–Kier alpha value is -2.32. The number of hydrogen-bond acceptors (Lipinski definition) is 7. The molecule has 1 aliphatic rings. The van der Waals surface area contributed by atoms with Gasteiger partial charge in [-0.1, -0.05) is 0 Å². The van der Waals surface area contributed by atoms with Gasteiger partial charge >= 0.3 is 0 Å². The summed E-state index contributed by atoms with van der Waals surface area (Å²) in [4.78, 5) is 13.9. The van der Waals surface area contributed by atoms with Gasteiger partial charge < -0.3 is 24.8 Å². The maximum Gasteiger partial charge on any atom is 0.217 e. The summed E-state index contributed by atoms with van der Waals surface area (Å²) in [5.41, 5.74) is 4.67. The molecule has 124 valence electrons. The number of nitrogens with zero attached hydrogens (tertiary/aromatic N) is 3. The summed E-state index contributed by atoms with van der Waals surface area (Å²) in [6.45, 7) is 5.59. The Morgan fingerprint density at radius 3 is 2.91 bits per heavy atom. The van der Waals surface area contributed by atoms with E-state index in [1.54, 1.807) is 0 Å². The highest BCUT2D eigenvalue weighted by atomic mass is 16.5. The van der Waals surface area contributed by atoms with Crippen LogP contribution in [0.5, 0.6) is 5.88 Å². The van der Waals surface area contributed by atoms with Crippen LogP contribution in [0.15, 0.2) is 18.3 Å². The van der Waals surface area contributed by atoms with E-state index in [1.165, 1.54) is 0 Å². The Morgan fingerprint density at radius 2 is 2.22 bits per heavy atom. The van der Waals surface area contributed by atoms with Crippen molar-refractivity contribution in [3.8, 4) is 5.88 Å². The Morgan fingerprint density at radius 1 is 1.39 bits per heavy atom. The smallest absolute Gasteiger partial charge is 0.217 e. The molecule has 0 aromatic carbocycles.